The number of nitrogens with one attached hydrogen (secondary N) is 1. The van der Waals surface area contributed by atoms with Crippen molar-refractivity contribution < 1.29 is 4.74 Å². The van der Waals surface area contributed by atoms with Gasteiger partial charge in [0.1, 0.15) is 11.6 Å². The Morgan fingerprint density at radius 2 is 2.11 bits per heavy atom. The maximum absolute atomic E-state index is 5.44. The molecule has 0 aliphatic carbocycles. The Morgan fingerprint density at radius 3 is 2.93 bits per heavy atom. The van der Waals surface area contributed by atoms with E-state index in [1.54, 1.807) is 13.3 Å². The summed E-state index contributed by atoms with van der Waals surface area (Å²) in [6.07, 6.45) is 8.67. The lowest BCUT2D eigenvalue weighted by atomic mass is 9.97. The third kappa shape index (κ3) is 2.54. The molecule has 0 saturated heterocycles. The molecule has 1 atom stereocenters. The minimum atomic E-state index is 0.182. The van der Waals surface area contributed by atoms with Crippen LogP contribution in [0.15, 0.2) is 61.2 Å². The monoisotopic (exact) mass is 356 g/mol. The molecule has 4 aromatic rings. The molecule has 4 heterocycles. The number of fused-ring (bicyclic) bond motifs is 2. The van der Waals surface area contributed by atoms with E-state index in [4.69, 9.17) is 4.74 Å². The number of ether oxygens (including phenoxy) is 1. The van der Waals surface area contributed by atoms with Crippen LogP contribution in [-0.4, -0.2) is 21.6 Å². The number of aromatic nitrogens is 3. The van der Waals surface area contributed by atoms with Crippen molar-refractivity contribution in [3.63, 3.8) is 0 Å². The van der Waals surface area contributed by atoms with Crippen molar-refractivity contribution in [3.8, 4) is 16.9 Å². The molecule has 1 unspecified atom stereocenters. The van der Waals surface area contributed by atoms with Crippen LogP contribution in [0.5, 0.6) is 5.75 Å². The molecule has 5 heteroatoms. The van der Waals surface area contributed by atoms with Gasteiger partial charge in [-0.3, -0.25) is 4.98 Å². The van der Waals surface area contributed by atoms with Crippen LogP contribution in [0.25, 0.3) is 22.0 Å². The Bertz CT molecular complexity index is 1130. The fourth-order valence-electron chi connectivity index (χ4n) is 4.03. The van der Waals surface area contributed by atoms with Gasteiger partial charge in [-0.15, -0.1) is 0 Å². The highest BCUT2D eigenvalue weighted by molar-refractivity contribution is 5.87. The molecule has 27 heavy (non-hydrogen) atoms. The van der Waals surface area contributed by atoms with Gasteiger partial charge in [0.15, 0.2) is 0 Å². The minimum absolute atomic E-state index is 0.182. The van der Waals surface area contributed by atoms with Gasteiger partial charge in [-0.1, -0.05) is 6.07 Å². The summed E-state index contributed by atoms with van der Waals surface area (Å²) in [6, 6.07) is 12.6. The van der Waals surface area contributed by atoms with Gasteiger partial charge in [0.05, 0.1) is 13.2 Å². The fourth-order valence-corrected chi connectivity index (χ4v) is 4.03. The summed E-state index contributed by atoms with van der Waals surface area (Å²) in [5.41, 5.74) is 6.03. The highest BCUT2D eigenvalue weighted by atomic mass is 16.5. The van der Waals surface area contributed by atoms with E-state index < -0.39 is 0 Å². The van der Waals surface area contributed by atoms with E-state index in [2.05, 4.69) is 57.4 Å². The van der Waals surface area contributed by atoms with Crippen molar-refractivity contribution >= 4 is 16.7 Å². The normalized spacial score (nSPS) is 15.6. The number of hydrogen-bond acceptors (Lipinski definition) is 4. The Balaban J connectivity index is 1.58. The summed E-state index contributed by atoms with van der Waals surface area (Å²) in [7, 11) is 3.79. The zero-order valence-electron chi connectivity index (χ0n) is 15.3. The first-order chi connectivity index (χ1) is 13.2. The van der Waals surface area contributed by atoms with E-state index in [1.165, 1.54) is 27.6 Å². The van der Waals surface area contributed by atoms with E-state index >= 15 is 0 Å². The zero-order chi connectivity index (χ0) is 18.4. The van der Waals surface area contributed by atoms with Crippen LogP contribution in [-0.2, 0) is 13.5 Å². The summed E-state index contributed by atoms with van der Waals surface area (Å²) < 4.78 is 7.61. The van der Waals surface area contributed by atoms with E-state index in [-0.39, 0.29) is 6.04 Å². The standard InChI is InChI=1S/C22H20N4O/c1-26-13-19(17-10-15(27-2)5-6-21(17)26)20-11-18-16(7-9-24-22(18)25-20)14-4-3-8-23-12-14/h3-10,12-13,20H,11H2,1-2H3,(H,24,25). The lowest BCUT2D eigenvalue weighted by Crippen LogP contribution is -2.05. The largest absolute Gasteiger partial charge is 0.497 e. The molecule has 5 nitrogen and oxygen atoms in total. The van der Waals surface area contributed by atoms with Gasteiger partial charge in [-0.25, -0.2) is 4.98 Å². The van der Waals surface area contributed by atoms with Crippen LogP contribution < -0.4 is 10.1 Å². The number of benzene rings is 1. The van der Waals surface area contributed by atoms with Gasteiger partial charge >= 0.3 is 0 Å². The third-order valence-electron chi connectivity index (χ3n) is 5.35. The summed E-state index contributed by atoms with van der Waals surface area (Å²) in [5.74, 6) is 1.83. The number of aryl methyl sites for hydroxylation is 1. The number of anilines is 1. The molecule has 3 aromatic heterocycles. The molecule has 0 saturated carbocycles. The molecule has 1 aliphatic rings. The summed E-state index contributed by atoms with van der Waals surface area (Å²) in [4.78, 5) is 8.85. The van der Waals surface area contributed by atoms with Gasteiger partial charge in [0, 0.05) is 65.8 Å². The average molecular weight is 356 g/mol. The topological polar surface area (TPSA) is 52.0 Å². The smallest absolute Gasteiger partial charge is 0.130 e. The van der Waals surface area contributed by atoms with Crippen LogP contribution in [0.1, 0.15) is 17.2 Å². The van der Waals surface area contributed by atoms with Gasteiger partial charge in [0.2, 0.25) is 0 Å². The second-order valence-corrected chi connectivity index (χ2v) is 6.91. The Labute approximate surface area is 157 Å². The first kappa shape index (κ1) is 15.9. The van der Waals surface area contributed by atoms with Crippen molar-refractivity contribution in [2.24, 2.45) is 7.05 Å². The molecular formula is C22H20N4O. The molecule has 1 aliphatic heterocycles. The van der Waals surface area contributed by atoms with Gasteiger partial charge in [-0.05, 0) is 35.9 Å². The Kier molecular flexibility index (Phi) is 3.60. The summed E-state index contributed by atoms with van der Waals surface area (Å²) >= 11 is 0. The third-order valence-corrected chi connectivity index (χ3v) is 5.35. The molecule has 0 amide bonds. The maximum Gasteiger partial charge on any atom is 0.130 e. The molecule has 5 rings (SSSR count). The molecule has 0 bridgehead atoms. The molecule has 0 spiro atoms. The molecule has 0 radical (unpaired) electrons. The van der Waals surface area contributed by atoms with E-state index in [1.807, 2.05) is 24.5 Å². The average Bonchev–Trinajstić information content (AvgIpc) is 3.29. The minimum Gasteiger partial charge on any atom is -0.497 e. The molecule has 1 aromatic carbocycles. The van der Waals surface area contributed by atoms with E-state index in [0.717, 1.165) is 23.6 Å². The number of hydrogen-bond donors (Lipinski definition) is 1. The lowest BCUT2D eigenvalue weighted by molar-refractivity contribution is 0.415. The van der Waals surface area contributed by atoms with Crippen LogP contribution in [0.3, 0.4) is 0 Å². The van der Waals surface area contributed by atoms with Crippen molar-refractivity contribution in [1.82, 2.24) is 14.5 Å². The number of rotatable bonds is 3. The Hall–Kier alpha value is -3.34. The van der Waals surface area contributed by atoms with Crippen LogP contribution in [0.2, 0.25) is 0 Å². The van der Waals surface area contributed by atoms with Crippen molar-refractivity contribution in [3.05, 3.63) is 72.3 Å². The number of methoxy groups -OCH3 is 1. The predicted molar refractivity (Wildman–Crippen MR) is 107 cm³/mol. The number of nitrogens with zero attached hydrogens (tertiary/aromatic N) is 3. The molecule has 1 N–H and O–H groups in total. The highest BCUT2D eigenvalue weighted by Crippen LogP contribution is 2.41. The van der Waals surface area contributed by atoms with Gasteiger partial charge in [-0.2, -0.15) is 0 Å². The molecule has 134 valence electrons. The summed E-state index contributed by atoms with van der Waals surface area (Å²) in [5, 5.41) is 4.83. The first-order valence-electron chi connectivity index (χ1n) is 9.02. The van der Waals surface area contributed by atoms with E-state index in [0.29, 0.717) is 0 Å². The number of pyridine rings is 2. The molecule has 0 fully saturated rings. The van der Waals surface area contributed by atoms with Crippen molar-refractivity contribution in [2.75, 3.05) is 12.4 Å². The van der Waals surface area contributed by atoms with Gasteiger partial charge < -0.3 is 14.6 Å². The van der Waals surface area contributed by atoms with Crippen molar-refractivity contribution in [1.29, 1.82) is 0 Å². The molecular weight excluding hydrogens is 336 g/mol. The van der Waals surface area contributed by atoms with Gasteiger partial charge in [0.25, 0.3) is 0 Å². The fraction of sp³-hybridized carbons (Fsp3) is 0.182. The highest BCUT2D eigenvalue weighted by Gasteiger charge is 2.28. The lowest BCUT2D eigenvalue weighted by Gasteiger charge is -2.10. The first-order valence-corrected chi connectivity index (χ1v) is 9.02. The van der Waals surface area contributed by atoms with Crippen LogP contribution in [0.4, 0.5) is 5.82 Å². The van der Waals surface area contributed by atoms with Crippen LogP contribution in [0, 0.1) is 0 Å². The Morgan fingerprint density at radius 1 is 1.19 bits per heavy atom. The van der Waals surface area contributed by atoms with Crippen LogP contribution >= 0.6 is 0 Å². The predicted octanol–water partition coefficient (Wildman–Crippen LogP) is 4.35. The van der Waals surface area contributed by atoms with E-state index in [9.17, 15) is 0 Å². The summed E-state index contributed by atoms with van der Waals surface area (Å²) in [6.45, 7) is 0. The SMILES string of the molecule is COc1ccc2c(c1)c(C1Cc3c(-c4cccnc4)ccnc3N1)cn2C. The quantitative estimate of drug-likeness (QED) is 0.593. The second kappa shape index (κ2) is 6.13. The van der Waals surface area contributed by atoms with Crippen molar-refractivity contribution in [2.45, 2.75) is 12.5 Å². The zero-order valence-corrected chi connectivity index (χ0v) is 15.3. The second-order valence-electron chi connectivity index (χ2n) is 6.91. The maximum atomic E-state index is 5.44.